The summed E-state index contributed by atoms with van der Waals surface area (Å²) in [6.45, 7) is 2.82. The molecule has 0 spiro atoms. The minimum atomic E-state index is -1.30. The number of nitrogens with two attached hydrogens (primary N) is 1. The number of fused-ring (bicyclic) bond motifs is 1. The Morgan fingerprint density at radius 2 is 2.00 bits per heavy atom. The number of nitrogens with one attached hydrogen (secondary N) is 1. The molecule has 4 rings (SSSR count). The number of carbonyl (C=O) groups is 2. The number of aromatic nitrogens is 1. The van der Waals surface area contributed by atoms with E-state index in [1.807, 2.05) is 23.1 Å². The minimum absolute atomic E-state index is 0.102. The Morgan fingerprint density at radius 3 is 2.71 bits per heavy atom. The van der Waals surface area contributed by atoms with E-state index in [-0.39, 0.29) is 17.6 Å². The average Bonchev–Trinajstić information content (AvgIpc) is 3.29. The maximum absolute atomic E-state index is 13.6. The Kier molecular flexibility index (Phi) is 5.24. The minimum Gasteiger partial charge on any atom is -0.368 e. The Morgan fingerprint density at radius 1 is 1.18 bits per heavy atom. The van der Waals surface area contributed by atoms with Gasteiger partial charge in [-0.05, 0) is 49.5 Å². The summed E-state index contributed by atoms with van der Waals surface area (Å²) in [6, 6.07) is 13.7. The number of benzene rings is 1. The molecule has 0 radical (unpaired) electrons. The van der Waals surface area contributed by atoms with Gasteiger partial charge in [-0.2, -0.15) is 0 Å². The van der Waals surface area contributed by atoms with Crippen LogP contribution >= 0.6 is 0 Å². The lowest BCUT2D eigenvalue weighted by Gasteiger charge is -2.38. The first-order valence-electron chi connectivity index (χ1n) is 9.88. The van der Waals surface area contributed by atoms with Crippen molar-refractivity contribution in [3.8, 4) is 0 Å². The normalized spacial score (nSPS) is 26.9. The predicted octanol–water partition coefficient (Wildman–Crippen LogP) is 1.27. The van der Waals surface area contributed by atoms with Crippen LogP contribution in [0.1, 0.15) is 22.3 Å². The summed E-state index contributed by atoms with van der Waals surface area (Å²) < 4.78 is 0. The number of nitrogens with zero attached hydrogens (tertiary/aromatic N) is 2. The topological polar surface area (TPSA) is 88.3 Å². The molecule has 0 saturated carbocycles. The van der Waals surface area contributed by atoms with Gasteiger partial charge in [-0.3, -0.25) is 19.5 Å². The van der Waals surface area contributed by atoms with E-state index >= 15 is 0 Å². The maximum Gasteiger partial charge on any atom is 0.246 e. The van der Waals surface area contributed by atoms with Gasteiger partial charge in [-0.15, -0.1) is 0 Å². The van der Waals surface area contributed by atoms with Gasteiger partial charge in [0.2, 0.25) is 5.91 Å². The number of Topliss-reactive ketones (excluding diaryl/α,β-unsaturated/α-hetero) is 1. The van der Waals surface area contributed by atoms with E-state index in [9.17, 15) is 9.59 Å². The Labute approximate surface area is 165 Å². The third kappa shape index (κ3) is 3.12. The van der Waals surface area contributed by atoms with Crippen LogP contribution in [0.2, 0.25) is 0 Å². The van der Waals surface area contributed by atoms with Crippen molar-refractivity contribution in [1.29, 1.82) is 0 Å². The number of pyridine rings is 1. The number of primary amides is 1. The monoisotopic (exact) mass is 378 g/mol. The summed E-state index contributed by atoms with van der Waals surface area (Å²) in [6.07, 6.45) is 4.93. The van der Waals surface area contributed by atoms with Crippen LogP contribution in [0.4, 0.5) is 0 Å². The molecule has 6 nitrogen and oxygen atoms in total. The van der Waals surface area contributed by atoms with E-state index in [2.05, 4.69) is 22.4 Å². The van der Waals surface area contributed by atoms with Crippen molar-refractivity contribution >= 4 is 11.7 Å². The molecule has 0 bridgehead atoms. The van der Waals surface area contributed by atoms with Crippen LogP contribution in [0.3, 0.4) is 0 Å². The zero-order chi connectivity index (χ0) is 19.6. The Hall–Kier alpha value is -2.57. The highest BCUT2D eigenvalue weighted by Crippen LogP contribution is 2.43. The van der Waals surface area contributed by atoms with Crippen LogP contribution in [-0.4, -0.2) is 53.3 Å². The van der Waals surface area contributed by atoms with Crippen molar-refractivity contribution < 1.29 is 9.59 Å². The van der Waals surface area contributed by atoms with E-state index in [0.29, 0.717) is 25.2 Å². The van der Waals surface area contributed by atoms with E-state index in [0.717, 1.165) is 19.4 Å². The molecule has 3 atom stereocenters. The van der Waals surface area contributed by atoms with Crippen molar-refractivity contribution in [3.05, 3.63) is 66.0 Å². The standard InChI is InChI=1S/C22H26N4O2/c23-21(28)22(20(27)17-9-4-10-24-12-17)19-14-25-13-18(19)15-26(22)11-5-8-16-6-2-1-3-7-16/h1-4,6-7,9-10,12,18-19,25H,5,8,11,13-15H2,(H2,23,28)/t18?,19-,22+/m1/s1. The zero-order valence-electron chi connectivity index (χ0n) is 15.9. The average molecular weight is 378 g/mol. The summed E-state index contributed by atoms with van der Waals surface area (Å²) in [5.41, 5.74) is 6.36. The third-order valence-corrected chi connectivity index (χ3v) is 6.21. The van der Waals surface area contributed by atoms with Gasteiger partial charge in [0.05, 0.1) is 0 Å². The van der Waals surface area contributed by atoms with Gasteiger partial charge >= 0.3 is 0 Å². The third-order valence-electron chi connectivity index (χ3n) is 6.21. The zero-order valence-corrected chi connectivity index (χ0v) is 15.9. The molecule has 3 N–H and O–H groups in total. The number of ketones is 1. The number of aryl methyl sites for hydroxylation is 1. The van der Waals surface area contributed by atoms with E-state index in [1.54, 1.807) is 18.3 Å². The number of amides is 1. The highest BCUT2D eigenvalue weighted by atomic mass is 16.2. The van der Waals surface area contributed by atoms with Gasteiger partial charge in [-0.25, -0.2) is 0 Å². The van der Waals surface area contributed by atoms with Gasteiger partial charge in [0.1, 0.15) is 0 Å². The Balaban J connectivity index is 1.62. The molecule has 2 fully saturated rings. The highest BCUT2D eigenvalue weighted by molar-refractivity contribution is 6.18. The number of hydrogen-bond donors (Lipinski definition) is 2. The quantitative estimate of drug-likeness (QED) is 0.560. The van der Waals surface area contributed by atoms with Crippen LogP contribution in [-0.2, 0) is 11.2 Å². The lowest BCUT2D eigenvalue weighted by molar-refractivity contribution is -0.127. The van der Waals surface area contributed by atoms with Gasteiger partial charge in [0.15, 0.2) is 11.3 Å². The number of carbonyl (C=O) groups excluding carboxylic acids is 2. The maximum atomic E-state index is 13.6. The molecule has 2 aliphatic heterocycles. The van der Waals surface area contributed by atoms with Gasteiger partial charge in [-0.1, -0.05) is 30.3 Å². The van der Waals surface area contributed by atoms with E-state index in [1.165, 1.54) is 11.8 Å². The molecule has 2 aromatic rings. The lowest BCUT2D eigenvalue weighted by atomic mass is 9.76. The molecule has 2 aliphatic rings. The molecule has 28 heavy (non-hydrogen) atoms. The second kappa shape index (κ2) is 7.81. The molecule has 1 amide bonds. The molecule has 3 heterocycles. The number of likely N-dealkylation sites (tertiary alicyclic amines) is 1. The largest absolute Gasteiger partial charge is 0.368 e. The molecule has 146 valence electrons. The second-order valence-electron chi connectivity index (χ2n) is 7.76. The molecular formula is C22H26N4O2. The molecule has 6 heteroatoms. The first-order chi connectivity index (χ1) is 13.6. The van der Waals surface area contributed by atoms with Crippen LogP contribution in [0.5, 0.6) is 0 Å². The first-order valence-corrected chi connectivity index (χ1v) is 9.88. The lowest BCUT2D eigenvalue weighted by Crippen LogP contribution is -2.64. The molecular weight excluding hydrogens is 352 g/mol. The fraction of sp³-hybridized carbons (Fsp3) is 0.409. The fourth-order valence-electron chi connectivity index (χ4n) is 4.94. The SMILES string of the molecule is NC(=O)[C@@]1(C(=O)c2cccnc2)[C@@H]2CNCC2CN1CCCc1ccccc1. The van der Waals surface area contributed by atoms with Gasteiger partial charge < -0.3 is 11.1 Å². The molecule has 1 aromatic carbocycles. The summed E-state index contributed by atoms with van der Waals surface area (Å²) in [5, 5.41) is 3.34. The molecule has 1 unspecified atom stereocenters. The predicted molar refractivity (Wildman–Crippen MR) is 107 cm³/mol. The van der Waals surface area contributed by atoms with E-state index in [4.69, 9.17) is 5.73 Å². The summed E-state index contributed by atoms with van der Waals surface area (Å²) in [7, 11) is 0. The van der Waals surface area contributed by atoms with Crippen molar-refractivity contribution in [2.45, 2.75) is 18.4 Å². The van der Waals surface area contributed by atoms with Gasteiger partial charge in [0, 0.05) is 37.0 Å². The molecule has 0 aliphatic carbocycles. The Bertz CT molecular complexity index is 842. The summed E-state index contributed by atoms with van der Waals surface area (Å²) in [5.74, 6) is -0.611. The smallest absolute Gasteiger partial charge is 0.246 e. The fourth-order valence-corrected chi connectivity index (χ4v) is 4.94. The van der Waals surface area contributed by atoms with Crippen LogP contribution in [0, 0.1) is 11.8 Å². The summed E-state index contributed by atoms with van der Waals surface area (Å²) >= 11 is 0. The summed E-state index contributed by atoms with van der Waals surface area (Å²) in [4.78, 5) is 32.5. The van der Waals surface area contributed by atoms with Crippen LogP contribution < -0.4 is 11.1 Å². The number of hydrogen-bond acceptors (Lipinski definition) is 5. The first kappa shape index (κ1) is 18.8. The van der Waals surface area contributed by atoms with Crippen molar-refractivity contribution in [2.75, 3.05) is 26.2 Å². The van der Waals surface area contributed by atoms with Crippen molar-refractivity contribution in [1.82, 2.24) is 15.2 Å². The molecule has 2 saturated heterocycles. The van der Waals surface area contributed by atoms with E-state index < -0.39 is 11.4 Å². The van der Waals surface area contributed by atoms with Gasteiger partial charge in [0.25, 0.3) is 0 Å². The molecule has 1 aromatic heterocycles. The van der Waals surface area contributed by atoms with Crippen LogP contribution in [0.25, 0.3) is 0 Å². The number of rotatable bonds is 7. The van der Waals surface area contributed by atoms with Crippen LogP contribution in [0.15, 0.2) is 54.9 Å². The van der Waals surface area contributed by atoms with Crippen molar-refractivity contribution in [2.24, 2.45) is 17.6 Å². The highest BCUT2D eigenvalue weighted by Gasteiger charge is 2.63. The van der Waals surface area contributed by atoms with Crippen molar-refractivity contribution in [3.63, 3.8) is 0 Å². The second-order valence-corrected chi connectivity index (χ2v) is 7.76.